The first kappa shape index (κ1) is 19.7. The van der Waals surface area contributed by atoms with Crippen LogP contribution in [0, 0.1) is 13.8 Å². The van der Waals surface area contributed by atoms with Gasteiger partial charge in [-0.15, -0.1) is 16.4 Å². The Bertz CT molecular complexity index is 1080. The molecule has 0 aliphatic heterocycles. The molecule has 0 bridgehead atoms. The minimum atomic E-state index is 0.0815. The predicted octanol–water partition coefficient (Wildman–Crippen LogP) is 4.01. The number of tetrazole rings is 1. The predicted molar refractivity (Wildman–Crippen MR) is 113 cm³/mol. The molecular weight excluding hydrogens is 406 g/mol. The molecule has 0 N–H and O–H groups in total. The van der Waals surface area contributed by atoms with Gasteiger partial charge in [-0.3, -0.25) is 4.79 Å². The number of hydrogen-bond donors (Lipinski definition) is 0. The van der Waals surface area contributed by atoms with Gasteiger partial charge in [0.15, 0.2) is 5.78 Å². The van der Waals surface area contributed by atoms with E-state index in [1.54, 1.807) is 22.3 Å². The number of furan rings is 1. The van der Waals surface area contributed by atoms with Gasteiger partial charge in [-0.2, -0.15) is 0 Å². The smallest absolute Gasteiger partial charge is 0.210 e. The standard InChI is InChI=1S/C20H21N5O2S2/c1-14-11-18(15(2)24(14)8-7-17-6-4-10-28-17)19(26)13-29-20-21-22-23-25(20)12-16-5-3-9-27-16/h3-6,9-11H,7-8,12-13H2,1-2H3. The van der Waals surface area contributed by atoms with Gasteiger partial charge in [0.25, 0.3) is 0 Å². The van der Waals surface area contributed by atoms with Crippen LogP contribution in [0.1, 0.15) is 32.4 Å². The van der Waals surface area contributed by atoms with E-state index in [4.69, 9.17) is 4.42 Å². The highest BCUT2D eigenvalue weighted by Crippen LogP contribution is 2.22. The monoisotopic (exact) mass is 427 g/mol. The average molecular weight is 428 g/mol. The normalized spacial score (nSPS) is 11.2. The number of carbonyl (C=O) groups is 1. The number of hydrogen-bond acceptors (Lipinski definition) is 7. The summed E-state index contributed by atoms with van der Waals surface area (Å²) in [5.74, 6) is 1.13. The highest BCUT2D eigenvalue weighted by atomic mass is 32.2. The first-order valence-corrected chi connectivity index (χ1v) is 11.1. The number of nitrogens with zero attached hydrogens (tertiary/aromatic N) is 5. The zero-order valence-corrected chi connectivity index (χ0v) is 17.9. The van der Waals surface area contributed by atoms with Crippen LogP contribution in [0.5, 0.6) is 0 Å². The number of thioether (sulfide) groups is 1. The molecule has 29 heavy (non-hydrogen) atoms. The molecule has 0 unspecified atom stereocenters. The molecule has 0 aliphatic rings. The van der Waals surface area contributed by atoms with Gasteiger partial charge >= 0.3 is 0 Å². The van der Waals surface area contributed by atoms with E-state index in [0.717, 1.165) is 35.7 Å². The van der Waals surface area contributed by atoms with Crippen LogP contribution in [0.4, 0.5) is 0 Å². The fourth-order valence-corrected chi connectivity index (χ4v) is 4.72. The van der Waals surface area contributed by atoms with E-state index >= 15 is 0 Å². The molecule has 0 saturated heterocycles. The first-order chi connectivity index (χ1) is 14.1. The summed E-state index contributed by atoms with van der Waals surface area (Å²) in [6, 6.07) is 9.89. The largest absolute Gasteiger partial charge is 0.467 e. The van der Waals surface area contributed by atoms with E-state index in [9.17, 15) is 4.79 Å². The van der Waals surface area contributed by atoms with Crippen LogP contribution < -0.4 is 0 Å². The second kappa shape index (κ2) is 8.79. The van der Waals surface area contributed by atoms with Gasteiger partial charge < -0.3 is 8.98 Å². The van der Waals surface area contributed by atoms with Crippen molar-refractivity contribution in [1.29, 1.82) is 0 Å². The molecular formula is C20H21N5O2S2. The van der Waals surface area contributed by atoms with E-state index in [1.807, 2.05) is 25.1 Å². The fraction of sp³-hybridized carbons (Fsp3) is 0.300. The second-order valence-electron chi connectivity index (χ2n) is 6.68. The Hall–Kier alpha value is -2.65. The van der Waals surface area contributed by atoms with Crippen molar-refractivity contribution in [3.8, 4) is 0 Å². The van der Waals surface area contributed by atoms with Gasteiger partial charge in [-0.1, -0.05) is 17.8 Å². The van der Waals surface area contributed by atoms with Crippen molar-refractivity contribution in [2.45, 2.75) is 38.5 Å². The summed E-state index contributed by atoms with van der Waals surface area (Å²) in [5.41, 5.74) is 2.89. The number of aromatic nitrogens is 5. The minimum Gasteiger partial charge on any atom is -0.467 e. The lowest BCUT2D eigenvalue weighted by Crippen LogP contribution is -2.09. The van der Waals surface area contributed by atoms with E-state index in [2.05, 4.69) is 44.5 Å². The molecule has 4 aromatic heterocycles. The number of thiophene rings is 1. The van der Waals surface area contributed by atoms with Gasteiger partial charge in [0, 0.05) is 28.4 Å². The van der Waals surface area contributed by atoms with Gasteiger partial charge in [-0.05, 0) is 60.3 Å². The highest BCUT2D eigenvalue weighted by Gasteiger charge is 2.18. The Morgan fingerprint density at radius 3 is 2.93 bits per heavy atom. The Morgan fingerprint density at radius 2 is 2.17 bits per heavy atom. The van der Waals surface area contributed by atoms with Crippen LogP contribution in [0.2, 0.25) is 0 Å². The van der Waals surface area contributed by atoms with Crippen molar-refractivity contribution in [1.82, 2.24) is 24.8 Å². The van der Waals surface area contributed by atoms with E-state index in [0.29, 0.717) is 11.7 Å². The summed E-state index contributed by atoms with van der Waals surface area (Å²) >= 11 is 3.11. The van der Waals surface area contributed by atoms with Crippen molar-refractivity contribution in [3.63, 3.8) is 0 Å². The lowest BCUT2D eigenvalue weighted by atomic mass is 10.2. The van der Waals surface area contributed by atoms with Gasteiger partial charge in [0.1, 0.15) is 12.3 Å². The molecule has 4 aromatic rings. The summed E-state index contributed by atoms with van der Waals surface area (Å²) in [7, 11) is 0. The highest BCUT2D eigenvalue weighted by molar-refractivity contribution is 7.99. The van der Waals surface area contributed by atoms with Crippen LogP contribution in [-0.4, -0.2) is 36.3 Å². The number of rotatable bonds is 9. The van der Waals surface area contributed by atoms with Crippen LogP contribution in [-0.2, 0) is 19.5 Å². The maximum absolute atomic E-state index is 12.9. The zero-order valence-electron chi connectivity index (χ0n) is 16.2. The first-order valence-electron chi connectivity index (χ1n) is 9.25. The minimum absolute atomic E-state index is 0.0815. The van der Waals surface area contributed by atoms with Crippen molar-refractivity contribution in [3.05, 3.63) is 69.6 Å². The van der Waals surface area contributed by atoms with Crippen LogP contribution >= 0.6 is 23.1 Å². The number of Topliss-reactive ketones (excluding diaryl/α,β-unsaturated/α-hetero) is 1. The fourth-order valence-electron chi connectivity index (χ4n) is 3.26. The van der Waals surface area contributed by atoms with E-state index in [1.165, 1.54) is 16.6 Å². The summed E-state index contributed by atoms with van der Waals surface area (Å²) in [6.45, 7) is 5.38. The quantitative estimate of drug-likeness (QED) is 0.297. The molecule has 0 aromatic carbocycles. The van der Waals surface area contributed by atoms with Crippen molar-refractivity contribution in [2.75, 3.05) is 5.75 Å². The number of aryl methyl sites for hydroxylation is 2. The van der Waals surface area contributed by atoms with Gasteiger partial charge in [0.05, 0.1) is 12.0 Å². The molecule has 4 rings (SSSR count). The summed E-state index contributed by atoms with van der Waals surface area (Å²) < 4.78 is 9.20. The Kier molecular flexibility index (Phi) is 5.96. The molecule has 7 nitrogen and oxygen atoms in total. The van der Waals surface area contributed by atoms with E-state index < -0.39 is 0 Å². The molecule has 0 fully saturated rings. The number of ketones is 1. The molecule has 150 valence electrons. The lowest BCUT2D eigenvalue weighted by molar-refractivity contribution is 0.102. The Balaban J connectivity index is 1.40. The summed E-state index contributed by atoms with van der Waals surface area (Å²) in [6.07, 6.45) is 2.59. The molecule has 0 spiro atoms. The molecule has 4 heterocycles. The molecule has 9 heteroatoms. The third-order valence-electron chi connectivity index (χ3n) is 4.75. The topological polar surface area (TPSA) is 78.7 Å². The van der Waals surface area contributed by atoms with E-state index in [-0.39, 0.29) is 11.5 Å². The Morgan fingerprint density at radius 1 is 1.28 bits per heavy atom. The van der Waals surface area contributed by atoms with Crippen molar-refractivity contribution >= 4 is 28.9 Å². The van der Waals surface area contributed by atoms with Crippen molar-refractivity contribution < 1.29 is 9.21 Å². The van der Waals surface area contributed by atoms with Crippen molar-refractivity contribution in [2.24, 2.45) is 0 Å². The second-order valence-corrected chi connectivity index (χ2v) is 8.65. The molecule has 0 atom stereocenters. The van der Waals surface area contributed by atoms with Gasteiger partial charge in [-0.25, -0.2) is 4.68 Å². The summed E-state index contributed by atoms with van der Waals surface area (Å²) in [4.78, 5) is 14.2. The Labute approximate surface area is 176 Å². The third kappa shape index (κ3) is 4.51. The SMILES string of the molecule is Cc1cc(C(=O)CSc2nnnn2Cc2ccco2)c(C)n1CCc1cccs1. The molecule has 0 aliphatic carbocycles. The lowest BCUT2D eigenvalue weighted by Gasteiger charge is -2.09. The third-order valence-corrected chi connectivity index (χ3v) is 6.65. The maximum atomic E-state index is 12.9. The number of carbonyl (C=O) groups excluding carboxylic acids is 1. The maximum Gasteiger partial charge on any atom is 0.210 e. The molecule has 0 radical (unpaired) electrons. The zero-order chi connectivity index (χ0) is 20.2. The molecule has 0 saturated carbocycles. The van der Waals surface area contributed by atoms with Crippen LogP contribution in [0.3, 0.4) is 0 Å². The average Bonchev–Trinajstić information content (AvgIpc) is 3.49. The molecule has 0 amide bonds. The van der Waals surface area contributed by atoms with Crippen LogP contribution in [0.15, 0.2) is 51.5 Å². The van der Waals surface area contributed by atoms with Crippen LogP contribution in [0.25, 0.3) is 0 Å². The summed E-state index contributed by atoms with van der Waals surface area (Å²) in [5, 5.41) is 14.4. The van der Waals surface area contributed by atoms with Gasteiger partial charge in [0.2, 0.25) is 5.16 Å².